The number of aromatic nitrogens is 1. The second kappa shape index (κ2) is 5.77. The maximum absolute atomic E-state index is 11.7. The molecule has 2 rings (SSSR count). The molecule has 1 aliphatic rings. The van der Waals surface area contributed by atoms with E-state index in [0.29, 0.717) is 23.2 Å². The summed E-state index contributed by atoms with van der Waals surface area (Å²) < 4.78 is 0. The summed E-state index contributed by atoms with van der Waals surface area (Å²) in [5.74, 6) is -0.115. The zero-order chi connectivity index (χ0) is 13.0. The van der Waals surface area contributed by atoms with Crippen LogP contribution in [0.25, 0.3) is 0 Å². The number of nitrogens with zero attached hydrogens (tertiary/aromatic N) is 1. The lowest BCUT2D eigenvalue weighted by molar-refractivity contribution is -0.117. The second-order valence-electron chi connectivity index (χ2n) is 4.30. The molecule has 0 bridgehead atoms. The van der Waals surface area contributed by atoms with E-state index in [0.717, 1.165) is 12.8 Å². The quantitative estimate of drug-likeness (QED) is 0.790. The SMILES string of the molecule is NC(=O)Cc1csc(NC(=O)CC2C=CCC2)n1. The Hall–Kier alpha value is -1.69. The van der Waals surface area contributed by atoms with E-state index in [1.165, 1.54) is 11.3 Å². The number of thiazole rings is 1. The molecule has 3 N–H and O–H groups in total. The summed E-state index contributed by atoms with van der Waals surface area (Å²) in [7, 11) is 0. The van der Waals surface area contributed by atoms with Crippen LogP contribution in [0.2, 0.25) is 0 Å². The third-order valence-corrected chi connectivity index (χ3v) is 3.52. The molecule has 1 aromatic heterocycles. The van der Waals surface area contributed by atoms with Crippen molar-refractivity contribution < 1.29 is 9.59 Å². The average Bonchev–Trinajstić information content (AvgIpc) is 2.89. The third kappa shape index (κ3) is 3.66. The predicted octanol–water partition coefficient (Wildman–Crippen LogP) is 1.47. The van der Waals surface area contributed by atoms with E-state index in [4.69, 9.17) is 5.73 Å². The summed E-state index contributed by atoms with van der Waals surface area (Å²) in [5.41, 5.74) is 5.68. The molecule has 0 saturated carbocycles. The van der Waals surface area contributed by atoms with Crippen LogP contribution in [0, 0.1) is 5.92 Å². The van der Waals surface area contributed by atoms with Gasteiger partial charge in [0.15, 0.2) is 5.13 Å². The molecule has 0 aliphatic heterocycles. The van der Waals surface area contributed by atoms with Crippen molar-refractivity contribution in [3.05, 3.63) is 23.2 Å². The Bertz CT molecular complexity index is 481. The minimum absolute atomic E-state index is 0.0356. The number of hydrogen-bond acceptors (Lipinski definition) is 4. The number of nitrogens with one attached hydrogen (secondary N) is 1. The van der Waals surface area contributed by atoms with Gasteiger partial charge in [-0.05, 0) is 18.8 Å². The van der Waals surface area contributed by atoms with Gasteiger partial charge >= 0.3 is 0 Å². The summed E-state index contributed by atoms with van der Waals surface area (Å²) in [4.78, 5) is 26.6. The van der Waals surface area contributed by atoms with E-state index >= 15 is 0 Å². The molecule has 0 radical (unpaired) electrons. The first-order valence-corrected chi connectivity index (χ1v) is 6.70. The molecule has 2 amide bonds. The summed E-state index contributed by atoms with van der Waals surface area (Å²) in [6.07, 6.45) is 6.88. The monoisotopic (exact) mass is 265 g/mol. The van der Waals surface area contributed by atoms with E-state index in [-0.39, 0.29) is 12.3 Å². The van der Waals surface area contributed by atoms with Gasteiger partial charge < -0.3 is 11.1 Å². The van der Waals surface area contributed by atoms with Gasteiger partial charge in [0.05, 0.1) is 12.1 Å². The van der Waals surface area contributed by atoms with Crippen molar-refractivity contribution >= 4 is 28.3 Å². The average molecular weight is 265 g/mol. The lowest BCUT2D eigenvalue weighted by atomic mass is 10.1. The molecular weight excluding hydrogens is 250 g/mol. The fourth-order valence-corrected chi connectivity index (χ4v) is 2.62. The Balaban J connectivity index is 1.84. The molecule has 1 aliphatic carbocycles. The molecule has 6 heteroatoms. The van der Waals surface area contributed by atoms with E-state index < -0.39 is 5.91 Å². The third-order valence-electron chi connectivity index (χ3n) is 2.71. The van der Waals surface area contributed by atoms with Crippen LogP contribution in [0.15, 0.2) is 17.5 Å². The summed E-state index contributed by atoms with van der Waals surface area (Å²) >= 11 is 1.31. The van der Waals surface area contributed by atoms with Gasteiger partial charge in [0.2, 0.25) is 11.8 Å². The van der Waals surface area contributed by atoms with Crippen molar-refractivity contribution in [2.24, 2.45) is 11.7 Å². The van der Waals surface area contributed by atoms with Crippen LogP contribution in [-0.2, 0) is 16.0 Å². The lowest BCUT2D eigenvalue weighted by Crippen LogP contribution is -2.15. The summed E-state index contributed by atoms with van der Waals surface area (Å²) in [6.45, 7) is 0. The van der Waals surface area contributed by atoms with Crippen molar-refractivity contribution in [1.29, 1.82) is 0 Å². The molecule has 5 nitrogen and oxygen atoms in total. The molecule has 1 aromatic rings. The van der Waals surface area contributed by atoms with Gasteiger partial charge in [-0.25, -0.2) is 4.98 Å². The van der Waals surface area contributed by atoms with Crippen LogP contribution < -0.4 is 11.1 Å². The zero-order valence-electron chi connectivity index (χ0n) is 9.89. The minimum Gasteiger partial charge on any atom is -0.369 e. The topological polar surface area (TPSA) is 85.1 Å². The van der Waals surface area contributed by atoms with Crippen molar-refractivity contribution in [3.8, 4) is 0 Å². The van der Waals surface area contributed by atoms with Crippen LogP contribution in [0.1, 0.15) is 25.0 Å². The number of nitrogens with two attached hydrogens (primary N) is 1. The molecule has 96 valence electrons. The van der Waals surface area contributed by atoms with Gasteiger partial charge in [0, 0.05) is 11.8 Å². The van der Waals surface area contributed by atoms with Crippen LogP contribution in [0.5, 0.6) is 0 Å². The van der Waals surface area contributed by atoms with Crippen molar-refractivity contribution in [2.75, 3.05) is 5.32 Å². The molecular formula is C12H15N3O2S. The van der Waals surface area contributed by atoms with Gasteiger partial charge in [-0.1, -0.05) is 12.2 Å². The first-order valence-electron chi connectivity index (χ1n) is 5.82. The zero-order valence-corrected chi connectivity index (χ0v) is 10.7. The van der Waals surface area contributed by atoms with E-state index in [1.807, 2.05) is 0 Å². The second-order valence-corrected chi connectivity index (χ2v) is 5.16. The first-order chi connectivity index (χ1) is 8.63. The number of anilines is 1. The van der Waals surface area contributed by atoms with Crippen LogP contribution in [-0.4, -0.2) is 16.8 Å². The molecule has 1 heterocycles. The van der Waals surface area contributed by atoms with Crippen LogP contribution in [0.3, 0.4) is 0 Å². The van der Waals surface area contributed by atoms with Crippen molar-refractivity contribution in [2.45, 2.75) is 25.7 Å². The molecule has 1 atom stereocenters. The van der Waals surface area contributed by atoms with Gasteiger partial charge in [0.1, 0.15) is 0 Å². The normalized spacial score (nSPS) is 17.9. The predicted molar refractivity (Wildman–Crippen MR) is 70.1 cm³/mol. The fourth-order valence-electron chi connectivity index (χ4n) is 1.90. The highest BCUT2D eigenvalue weighted by Crippen LogP contribution is 2.22. The number of rotatable bonds is 5. The van der Waals surface area contributed by atoms with Crippen LogP contribution >= 0.6 is 11.3 Å². The lowest BCUT2D eigenvalue weighted by Gasteiger charge is -2.06. The molecule has 18 heavy (non-hydrogen) atoms. The van der Waals surface area contributed by atoms with Crippen molar-refractivity contribution in [1.82, 2.24) is 4.98 Å². The van der Waals surface area contributed by atoms with Gasteiger partial charge in [-0.2, -0.15) is 0 Å². The van der Waals surface area contributed by atoms with Crippen molar-refractivity contribution in [3.63, 3.8) is 0 Å². The molecule has 1 unspecified atom stereocenters. The number of carbonyl (C=O) groups excluding carboxylic acids is 2. The maximum atomic E-state index is 11.7. The van der Waals surface area contributed by atoms with Crippen LogP contribution in [0.4, 0.5) is 5.13 Å². The minimum atomic E-state index is -0.422. The molecule has 0 spiro atoms. The number of primary amides is 1. The van der Waals surface area contributed by atoms with Gasteiger partial charge in [0.25, 0.3) is 0 Å². The summed E-state index contributed by atoms with van der Waals surface area (Å²) in [6, 6.07) is 0. The number of amides is 2. The fraction of sp³-hybridized carbons (Fsp3) is 0.417. The van der Waals surface area contributed by atoms with Gasteiger partial charge in [-0.3, -0.25) is 9.59 Å². The largest absolute Gasteiger partial charge is 0.369 e. The molecule has 0 aromatic carbocycles. The van der Waals surface area contributed by atoms with Gasteiger partial charge in [-0.15, -0.1) is 11.3 Å². The Morgan fingerprint density at radius 1 is 1.56 bits per heavy atom. The summed E-state index contributed by atoms with van der Waals surface area (Å²) in [5, 5.41) is 5.00. The Morgan fingerprint density at radius 3 is 3.06 bits per heavy atom. The molecule has 0 fully saturated rings. The number of carbonyl (C=O) groups is 2. The Labute approximate surface area is 109 Å². The smallest absolute Gasteiger partial charge is 0.226 e. The van der Waals surface area contributed by atoms with E-state index in [9.17, 15) is 9.59 Å². The maximum Gasteiger partial charge on any atom is 0.226 e. The number of hydrogen-bond donors (Lipinski definition) is 2. The Kier molecular flexibility index (Phi) is 4.09. The highest BCUT2D eigenvalue weighted by molar-refractivity contribution is 7.13. The molecule has 0 saturated heterocycles. The van der Waals surface area contributed by atoms with E-state index in [1.54, 1.807) is 5.38 Å². The standard InChI is InChI=1S/C12H15N3O2S/c13-10(16)6-9-7-18-12(14-9)15-11(17)5-8-3-1-2-4-8/h1,3,7-8H,2,4-6H2,(H2,13,16)(H,14,15,17). The first kappa shape index (κ1) is 12.8. The van der Waals surface area contributed by atoms with E-state index in [2.05, 4.69) is 22.5 Å². The highest BCUT2D eigenvalue weighted by Gasteiger charge is 2.15. The highest BCUT2D eigenvalue weighted by atomic mass is 32.1. The number of allylic oxidation sites excluding steroid dienone is 2. The Morgan fingerprint density at radius 2 is 2.39 bits per heavy atom.